The largest absolute Gasteiger partial charge is 0.369 e. The van der Waals surface area contributed by atoms with E-state index < -0.39 is 0 Å². The third kappa shape index (κ3) is 5.13. The van der Waals surface area contributed by atoms with E-state index in [0.717, 1.165) is 41.3 Å². The molecule has 7 heteroatoms. The first-order chi connectivity index (χ1) is 13.1. The van der Waals surface area contributed by atoms with E-state index in [1.54, 1.807) is 0 Å². The molecule has 1 fully saturated rings. The molecule has 0 saturated carbocycles. The van der Waals surface area contributed by atoms with Gasteiger partial charge >= 0.3 is 0 Å². The topological polar surface area (TPSA) is 55.8 Å². The maximum Gasteiger partial charge on any atom is 0.191 e. The van der Waals surface area contributed by atoms with Crippen LogP contribution in [-0.4, -0.2) is 51.2 Å². The minimum atomic E-state index is 0.377. The molecule has 0 bridgehead atoms. The van der Waals surface area contributed by atoms with Crippen molar-refractivity contribution in [3.05, 3.63) is 52.6 Å². The standard InChI is InChI=1S/C20H27BrN6/c1-22-20(24-13-15-5-4-11-23-19(15)26(2)3)25-17-10-12-27(14-17)18-8-6-16(21)7-9-18/h4-9,11,17H,10,12-14H2,1-3H3,(H2,22,24,25). The second-order valence-electron chi connectivity index (χ2n) is 6.86. The fourth-order valence-corrected chi connectivity index (χ4v) is 3.57. The second kappa shape index (κ2) is 9.08. The van der Waals surface area contributed by atoms with E-state index in [4.69, 9.17) is 0 Å². The molecule has 0 spiro atoms. The van der Waals surface area contributed by atoms with Crippen LogP contribution in [0.3, 0.4) is 0 Å². The Hall–Kier alpha value is -2.28. The van der Waals surface area contributed by atoms with Crippen molar-refractivity contribution in [2.75, 3.05) is 44.0 Å². The van der Waals surface area contributed by atoms with Gasteiger partial charge in [0.15, 0.2) is 5.96 Å². The molecule has 3 rings (SSSR count). The van der Waals surface area contributed by atoms with Crippen molar-refractivity contribution in [1.82, 2.24) is 15.6 Å². The predicted molar refractivity (Wildman–Crippen MR) is 117 cm³/mol. The molecule has 1 unspecified atom stereocenters. The number of nitrogens with one attached hydrogen (secondary N) is 2. The Kier molecular flexibility index (Phi) is 6.55. The Bertz CT molecular complexity index is 774. The van der Waals surface area contributed by atoms with Crippen LogP contribution < -0.4 is 20.4 Å². The van der Waals surface area contributed by atoms with E-state index in [1.807, 2.05) is 38.3 Å². The highest BCUT2D eigenvalue weighted by molar-refractivity contribution is 9.10. The highest BCUT2D eigenvalue weighted by Gasteiger charge is 2.23. The molecule has 2 N–H and O–H groups in total. The zero-order chi connectivity index (χ0) is 19.2. The van der Waals surface area contributed by atoms with Gasteiger partial charge in [-0.1, -0.05) is 22.0 Å². The molecule has 0 amide bonds. The molecule has 1 saturated heterocycles. The minimum absolute atomic E-state index is 0.377. The molecule has 6 nitrogen and oxygen atoms in total. The zero-order valence-corrected chi connectivity index (χ0v) is 17.7. The molecule has 1 aliphatic heterocycles. The molecular weight excluding hydrogens is 404 g/mol. The number of hydrogen-bond acceptors (Lipinski definition) is 4. The maximum atomic E-state index is 4.45. The van der Waals surface area contributed by atoms with Crippen LogP contribution >= 0.6 is 15.9 Å². The van der Waals surface area contributed by atoms with E-state index in [2.05, 4.69) is 71.8 Å². The van der Waals surface area contributed by atoms with E-state index in [0.29, 0.717) is 12.6 Å². The summed E-state index contributed by atoms with van der Waals surface area (Å²) in [7, 11) is 5.83. The van der Waals surface area contributed by atoms with Gasteiger partial charge in [-0.05, 0) is 36.8 Å². The van der Waals surface area contributed by atoms with E-state index in [-0.39, 0.29) is 0 Å². The molecule has 1 aromatic carbocycles. The van der Waals surface area contributed by atoms with Gasteiger partial charge < -0.3 is 20.4 Å². The van der Waals surface area contributed by atoms with Crippen molar-refractivity contribution in [2.24, 2.45) is 4.99 Å². The molecule has 1 aliphatic rings. The number of rotatable bonds is 5. The lowest BCUT2D eigenvalue weighted by molar-refractivity contribution is 0.648. The molecule has 27 heavy (non-hydrogen) atoms. The Labute approximate surface area is 169 Å². The van der Waals surface area contributed by atoms with Gasteiger partial charge in [0, 0.05) is 68.7 Å². The summed E-state index contributed by atoms with van der Waals surface area (Å²) in [5.41, 5.74) is 2.41. The van der Waals surface area contributed by atoms with Gasteiger partial charge in [-0.15, -0.1) is 0 Å². The molecule has 1 atom stereocenters. The van der Waals surface area contributed by atoms with Crippen LogP contribution in [0.25, 0.3) is 0 Å². The van der Waals surface area contributed by atoms with Crippen LogP contribution in [0.2, 0.25) is 0 Å². The first kappa shape index (κ1) is 19.5. The van der Waals surface area contributed by atoms with Crippen LogP contribution in [0.5, 0.6) is 0 Å². The summed E-state index contributed by atoms with van der Waals surface area (Å²) in [5, 5.41) is 6.97. The van der Waals surface area contributed by atoms with Crippen LogP contribution in [-0.2, 0) is 6.54 Å². The first-order valence-corrected chi connectivity index (χ1v) is 9.95. The van der Waals surface area contributed by atoms with Crippen LogP contribution in [0.1, 0.15) is 12.0 Å². The SMILES string of the molecule is CN=C(NCc1cccnc1N(C)C)NC1CCN(c2ccc(Br)cc2)C1. The minimum Gasteiger partial charge on any atom is -0.369 e. The number of halogens is 1. The van der Waals surface area contributed by atoms with Gasteiger partial charge in [-0.25, -0.2) is 4.98 Å². The summed E-state index contributed by atoms with van der Waals surface area (Å²) in [6, 6.07) is 12.9. The lowest BCUT2D eigenvalue weighted by atomic mass is 10.2. The second-order valence-corrected chi connectivity index (χ2v) is 7.77. The van der Waals surface area contributed by atoms with Gasteiger partial charge in [-0.2, -0.15) is 0 Å². The van der Waals surface area contributed by atoms with Crippen LogP contribution in [0.15, 0.2) is 52.1 Å². The van der Waals surface area contributed by atoms with E-state index in [9.17, 15) is 0 Å². The summed E-state index contributed by atoms with van der Waals surface area (Å²) in [5.74, 6) is 1.80. The Morgan fingerprint density at radius 2 is 2.07 bits per heavy atom. The number of guanidine groups is 1. The summed E-state index contributed by atoms with van der Waals surface area (Å²) >= 11 is 3.50. The first-order valence-electron chi connectivity index (χ1n) is 9.15. The van der Waals surface area contributed by atoms with Crippen molar-refractivity contribution in [3.8, 4) is 0 Å². The Morgan fingerprint density at radius 3 is 2.78 bits per heavy atom. The third-order valence-corrected chi connectivity index (χ3v) is 5.21. The van der Waals surface area contributed by atoms with Gasteiger partial charge in [0.25, 0.3) is 0 Å². The van der Waals surface area contributed by atoms with Crippen LogP contribution in [0.4, 0.5) is 11.5 Å². The molecule has 2 heterocycles. The number of aliphatic imine (C=N–C) groups is 1. The summed E-state index contributed by atoms with van der Waals surface area (Å²) in [4.78, 5) is 13.3. The molecule has 1 aromatic heterocycles. The molecule has 144 valence electrons. The summed E-state index contributed by atoms with van der Waals surface area (Å²) in [6.07, 6.45) is 2.91. The fourth-order valence-electron chi connectivity index (χ4n) is 3.30. The van der Waals surface area contributed by atoms with Gasteiger partial charge in [0.1, 0.15) is 5.82 Å². The summed E-state index contributed by atoms with van der Waals surface area (Å²) < 4.78 is 1.11. The smallest absolute Gasteiger partial charge is 0.191 e. The fraction of sp³-hybridized carbons (Fsp3) is 0.400. The highest BCUT2D eigenvalue weighted by Crippen LogP contribution is 2.22. The van der Waals surface area contributed by atoms with Crippen molar-refractivity contribution >= 4 is 33.4 Å². The Morgan fingerprint density at radius 1 is 1.30 bits per heavy atom. The normalized spacial score (nSPS) is 17.1. The highest BCUT2D eigenvalue weighted by atomic mass is 79.9. The van der Waals surface area contributed by atoms with Crippen LogP contribution in [0, 0.1) is 0 Å². The number of nitrogens with zero attached hydrogens (tertiary/aromatic N) is 4. The molecular formula is C20H27BrN6. The van der Waals surface area contributed by atoms with Crippen molar-refractivity contribution in [3.63, 3.8) is 0 Å². The zero-order valence-electron chi connectivity index (χ0n) is 16.1. The van der Waals surface area contributed by atoms with Crippen molar-refractivity contribution in [1.29, 1.82) is 0 Å². The predicted octanol–water partition coefficient (Wildman–Crippen LogP) is 2.85. The number of anilines is 2. The average molecular weight is 431 g/mol. The number of pyridine rings is 1. The van der Waals surface area contributed by atoms with Crippen molar-refractivity contribution in [2.45, 2.75) is 19.0 Å². The number of benzene rings is 1. The quantitative estimate of drug-likeness (QED) is 0.564. The number of aromatic nitrogens is 1. The van der Waals surface area contributed by atoms with E-state index >= 15 is 0 Å². The maximum absolute atomic E-state index is 4.45. The molecule has 0 radical (unpaired) electrons. The van der Waals surface area contributed by atoms with Crippen molar-refractivity contribution < 1.29 is 0 Å². The Balaban J connectivity index is 1.55. The lowest BCUT2D eigenvalue weighted by Gasteiger charge is -2.21. The van der Waals surface area contributed by atoms with Gasteiger partial charge in [0.05, 0.1) is 0 Å². The van der Waals surface area contributed by atoms with Gasteiger partial charge in [0.2, 0.25) is 0 Å². The van der Waals surface area contributed by atoms with E-state index in [1.165, 1.54) is 5.69 Å². The average Bonchev–Trinajstić information content (AvgIpc) is 3.14. The molecule has 2 aromatic rings. The number of hydrogen-bond donors (Lipinski definition) is 2. The lowest BCUT2D eigenvalue weighted by Crippen LogP contribution is -2.44. The van der Waals surface area contributed by atoms with Gasteiger partial charge in [-0.3, -0.25) is 4.99 Å². The monoisotopic (exact) mass is 430 g/mol. The third-order valence-electron chi connectivity index (χ3n) is 4.68. The summed E-state index contributed by atoms with van der Waals surface area (Å²) in [6.45, 7) is 2.70. The molecule has 0 aliphatic carbocycles.